The van der Waals surface area contributed by atoms with Crippen molar-refractivity contribution >= 4 is 11.8 Å². The lowest BCUT2D eigenvalue weighted by Crippen LogP contribution is -2.17. The van der Waals surface area contributed by atoms with Crippen LogP contribution >= 0.6 is 0 Å². The van der Waals surface area contributed by atoms with Crippen molar-refractivity contribution in [3.63, 3.8) is 0 Å². The van der Waals surface area contributed by atoms with Crippen LogP contribution in [0, 0.1) is 17.3 Å². The molecule has 72 valence electrons. The number of aliphatic carboxylic acids is 1. The van der Waals surface area contributed by atoms with Crippen molar-refractivity contribution in [3.05, 3.63) is 0 Å². The first-order valence-corrected chi connectivity index (χ1v) is 4.86. The van der Waals surface area contributed by atoms with E-state index < -0.39 is 5.97 Å². The van der Waals surface area contributed by atoms with E-state index in [1.807, 2.05) is 6.92 Å². The summed E-state index contributed by atoms with van der Waals surface area (Å²) in [7, 11) is 0. The molecule has 0 aliphatic heterocycles. The molecule has 2 aliphatic carbocycles. The van der Waals surface area contributed by atoms with E-state index in [4.69, 9.17) is 5.11 Å². The van der Waals surface area contributed by atoms with Crippen LogP contribution in [0.25, 0.3) is 0 Å². The molecule has 0 saturated heterocycles. The Morgan fingerprint density at radius 1 is 1.69 bits per heavy atom. The van der Waals surface area contributed by atoms with Gasteiger partial charge in [-0.05, 0) is 24.2 Å². The minimum absolute atomic E-state index is 0.152. The van der Waals surface area contributed by atoms with Crippen LogP contribution in [0.15, 0.2) is 0 Å². The van der Waals surface area contributed by atoms with Gasteiger partial charge in [0, 0.05) is 12.8 Å². The van der Waals surface area contributed by atoms with E-state index in [9.17, 15) is 9.59 Å². The fourth-order valence-electron chi connectivity index (χ4n) is 3.07. The molecule has 0 spiro atoms. The van der Waals surface area contributed by atoms with Crippen LogP contribution in [0.1, 0.15) is 32.6 Å². The standard InChI is InChI=1S/C10H14O3/c1-2-10-5-6(11)3-4-7(10)8(10)9(12)13/h7-8H,2-5H2,1H3,(H,12,13). The molecule has 3 atom stereocenters. The van der Waals surface area contributed by atoms with Crippen LogP contribution in [0.3, 0.4) is 0 Å². The Bertz CT molecular complexity index is 271. The molecule has 0 radical (unpaired) electrons. The molecule has 3 unspecified atom stereocenters. The second-order valence-corrected chi connectivity index (χ2v) is 4.26. The van der Waals surface area contributed by atoms with Gasteiger partial charge < -0.3 is 5.11 Å². The number of rotatable bonds is 2. The number of hydrogen-bond acceptors (Lipinski definition) is 2. The summed E-state index contributed by atoms with van der Waals surface area (Å²) in [5.41, 5.74) is -0.152. The normalized spacial score (nSPS) is 42.7. The Hall–Kier alpha value is -0.860. The van der Waals surface area contributed by atoms with Crippen molar-refractivity contribution in [2.75, 3.05) is 0 Å². The van der Waals surface area contributed by atoms with Gasteiger partial charge in [-0.1, -0.05) is 6.92 Å². The lowest BCUT2D eigenvalue weighted by molar-refractivity contribution is -0.139. The van der Waals surface area contributed by atoms with Crippen LogP contribution in [0.2, 0.25) is 0 Å². The van der Waals surface area contributed by atoms with Gasteiger partial charge >= 0.3 is 5.97 Å². The third-order valence-electron chi connectivity index (χ3n) is 3.84. The maximum absolute atomic E-state index is 11.2. The van der Waals surface area contributed by atoms with Gasteiger partial charge in [-0.2, -0.15) is 0 Å². The maximum atomic E-state index is 11.2. The molecule has 2 aliphatic rings. The Kier molecular flexibility index (Phi) is 1.72. The highest BCUT2D eigenvalue weighted by atomic mass is 16.4. The van der Waals surface area contributed by atoms with Crippen LogP contribution in [0.5, 0.6) is 0 Å². The largest absolute Gasteiger partial charge is 0.481 e. The average Bonchev–Trinajstić information content (AvgIpc) is 2.73. The molecule has 0 heterocycles. The molecule has 3 heteroatoms. The van der Waals surface area contributed by atoms with Gasteiger partial charge in [-0.25, -0.2) is 0 Å². The van der Waals surface area contributed by atoms with Crippen LogP contribution in [-0.2, 0) is 9.59 Å². The van der Waals surface area contributed by atoms with E-state index in [2.05, 4.69) is 0 Å². The average molecular weight is 182 g/mol. The van der Waals surface area contributed by atoms with Gasteiger partial charge in [0.25, 0.3) is 0 Å². The number of Topliss-reactive ketones (excluding diaryl/α,β-unsaturated/α-hetero) is 1. The third kappa shape index (κ3) is 1.02. The highest BCUT2D eigenvalue weighted by molar-refractivity contribution is 5.85. The molecule has 0 aromatic carbocycles. The second kappa shape index (κ2) is 2.56. The van der Waals surface area contributed by atoms with Gasteiger partial charge in [0.1, 0.15) is 5.78 Å². The molecule has 0 bridgehead atoms. The summed E-state index contributed by atoms with van der Waals surface area (Å²) in [5, 5.41) is 8.96. The van der Waals surface area contributed by atoms with Crippen LogP contribution < -0.4 is 0 Å². The van der Waals surface area contributed by atoms with Crippen molar-refractivity contribution in [1.29, 1.82) is 0 Å². The van der Waals surface area contributed by atoms with Crippen molar-refractivity contribution in [1.82, 2.24) is 0 Å². The maximum Gasteiger partial charge on any atom is 0.307 e. The quantitative estimate of drug-likeness (QED) is 0.703. The number of carbonyl (C=O) groups excluding carboxylic acids is 1. The van der Waals surface area contributed by atoms with E-state index in [1.165, 1.54) is 0 Å². The number of fused-ring (bicyclic) bond motifs is 1. The van der Waals surface area contributed by atoms with Gasteiger partial charge in [-0.15, -0.1) is 0 Å². The predicted molar refractivity (Wildman–Crippen MR) is 46.2 cm³/mol. The number of hydrogen-bond donors (Lipinski definition) is 1. The minimum atomic E-state index is -0.707. The summed E-state index contributed by atoms with van der Waals surface area (Å²) in [6.45, 7) is 1.99. The van der Waals surface area contributed by atoms with E-state index in [-0.39, 0.29) is 23.0 Å². The first kappa shape index (κ1) is 8.73. The van der Waals surface area contributed by atoms with Crippen molar-refractivity contribution in [2.24, 2.45) is 17.3 Å². The molecular weight excluding hydrogens is 168 g/mol. The lowest BCUT2D eigenvalue weighted by atomic mass is 9.85. The number of carbonyl (C=O) groups is 2. The Labute approximate surface area is 77.1 Å². The molecular formula is C10H14O3. The zero-order valence-electron chi connectivity index (χ0n) is 7.75. The topological polar surface area (TPSA) is 54.4 Å². The first-order valence-electron chi connectivity index (χ1n) is 4.86. The summed E-state index contributed by atoms with van der Waals surface area (Å²) in [4.78, 5) is 22.1. The van der Waals surface area contributed by atoms with E-state index in [0.29, 0.717) is 12.8 Å². The first-order chi connectivity index (χ1) is 6.12. The number of carboxylic acids is 1. The summed E-state index contributed by atoms with van der Waals surface area (Å²) in [5.74, 6) is -0.403. The van der Waals surface area contributed by atoms with Gasteiger partial charge in [0.15, 0.2) is 0 Å². The van der Waals surface area contributed by atoms with E-state index in [0.717, 1.165) is 12.8 Å². The molecule has 13 heavy (non-hydrogen) atoms. The van der Waals surface area contributed by atoms with Crippen molar-refractivity contribution in [3.8, 4) is 0 Å². The lowest BCUT2D eigenvalue weighted by Gasteiger charge is -2.18. The number of carboxylic acid groups (broad SMARTS) is 1. The fourth-order valence-corrected chi connectivity index (χ4v) is 3.07. The van der Waals surface area contributed by atoms with Crippen LogP contribution in [0.4, 0.5) is 0 Å². The summed E-state index contributed by atoms with van der Waals surface area (Å²) >= 11 is 0. The van der Waals surface area contributed by atoms with Gasteiger partial charge in [0.2, 0.25) is 0 Å². The van der Waals surface area contributed by atoms with Crippen molar-refractivity contribution < 1.29 is 14.7 Å². The Balaban J connectivity index is 2.20. The molecule has 2 fully saturated rings. The molecule has 0 amide bonds. The van der Waals surface area contributed by atoms with Gasteiger partial charge in [-0.3, -0.25) is 9.59 Å². The zero-order chi connectivity index (χ0) is 9.64. The summed E-state index contributed by atoms with van der Waals surface area (Å²) in [6.07, 6.45) is 2.73. The highest BCUT2D eigenvalue weighted by Gasteiger charge is 2.68. The van der Waals surface area contributed by atoms with Gasteiger partial charge in [0.05, 0.1) is 5.92 Å². The zero-order valence-corrected chi connectivity index (χ0v) is 7.75. The smallest absolute Gasteiger partial charge is 0.307 e. The highest BCUT2D eigenvalue weighted by Crippen LogP contribution is 2.67. The summed E-state index contributed by atoms with van der Waals surface area (Å²) < 4.78 is 0. The fraction of sp³-hybridized carbons (Fsp3) is 0.800. The molecule has 2 rings (SSSR count). The van der Waals surface area contributed by atoms with Crippen LogP contribution in [-0.4, -0.2) is 16.9 Å². The third-order valence-corrected chi connectivity index (χ3v) is 3.84. The Morgan fingerprint density at radius 2 is 2.38 bits per heavy atom. The molecule has 0 aromatic heterocycles. The molecule has 0 aromatic rings. The predicted octanol–water partition coefficient (Wildman–Crippen LogP) is 1.47. The molecule has 1 N–H and O–H groups in total. The Morgan fingerprint density at radius 3 is 2.92 bits per heavy atom. The molecule has 2 saturated carbocycles. The number of ketones is 1. The second-order valence-electron chi connectivity index (χ2n) is 4.26. The summed E-state index contributed by atoms with van der Waals surface area (Å²) in [6, 6.07) is 0. The van der Waals surface area contributed by atoms with E-state index >= 15 is 0 Å². The SMILES string of the molecule is CCC12CC(=O)CCC1C2C(=O)O. The van der Waals surface area contributed by atoms with E-state index in [1.54, 1.807) is 0 Å². The monoisotopic (exact) mass is 182 g/mol. The minimum Gasteiger partial charge on any atom is -0.481 e. The van der Waals surface area contributed by atoms with Crippen molar-refractivity contribution in [2.45, 2.75) is 32.6 Å². The molecule has 3 nitrogen and oxygen atoms in total.